The minimum absolute atomic E-state index is 0.419. The van der Waals surface area contributed by atoms with Gasteiger partial charge in [0, 0.05) is 12.8 Å². The van der Waals surface area contributed by atoms with E-state index in [1.54, 1.807) is 0 Å². The zero-order valence-corrected chi connectivity index (χ0v) is 10.4. The van der Waals surface area contributed by atoms with E-state index in [1.807, 2.05) is 6.92 Å². The summed E-state index contributed by atoms with van der Waals surface area (Å²) >= 11 is 0. The van der Waals surface area contributed by atoms with Crippen molar-refractivity contribution in [1.29, 1.82) is 0 Å². The summed E-state index contributed by atoms with van der Waals surface area (Å²) in [7, 11) is 0. The van der Waals surface area contributed by atoms with Crippen LogP contribution in [0, 0.1) is 5.41 Å². The third-order valence-corrected chi connectivity index (χ3v) is 3.81. The summed E-state index contributed by atoms with van der Waals surface area (Å²) in [5.74, 6) is 0.419. The molecular weight excluding hydrogens is 172 g/mol. The summed E-state index contributed by atoms with van der Waals surface area (Å²) in [6, 6.07) is 0. The first-order valence-electron chi connectivity index (χ1n) is 6.15. The van der Waals surface area contributed by atoms with Gasteiger partial charge in [0.2, 0.25) is 0 Å². The molecule has 0 saturated heterocycles. The fourth-order valence-electron chi connectivity index (χ4n) is 2.12. The molecule has 1 heteroatoms. The molecule has 0 aliphatic rings. The Morgan fingerprint density at radius 2 is 1.50 bits per heavy atom. The van der Waals surface area contributed by atoms with Crippen molar-refractivity contribution in [1.82, 2.24) is 0 Å². The molecule has 0 rings (SSSR count). The van der Waals surface area contributed by atoms with Crippen LogP contribution in [-0.4, -0.2) is 5.78 Å². The lowest BCUT2D eigenvalue weighted by Crippen LogP contribution is -2.17. The van der Waals surface area contributed by atoms with E-state index < -0.39 is 0 Å². The molecule has 0 radical (unpaired) electrons. The molecule has 0 aromatic carbocycles. The van der Waals surface area contributed by atoms with Crippen LogP contribution in [0.2, 0.25) is 0 Å². The maximum Gasteiger partial charge on any atom is 0.132 e. The van der Waals surface area contributed by atoms with Gasteiger partial charge in [-0.3, -0.25) is 4.79 Å². The molecule has 0 aromatic heterocycles. The highest BCUT2D eigenvalue weighted by molar-refractivity contribution is 5.77. The number of carbonyl (C=O) groups is 1. The molecule has 1 nitrogen and oxygen atoms in total. The van der Waals surface area contributed by atoms with Gasteiger partial charge in [-0.15, -0.1) is 0 Å². The van der Waals surface area contributed by atoms with Crippen molar-refractivity contribution < 1.29 is 4.79 Å². The van der Waals surface area contributed by atoms with Crippen LogP contribution in [0.25, 0.3) is 0 Å². The predicted octanol–water partition coefficient (Wildman–Crippen LogP) is 4.35. The number of hydrogen-bond acceptors (Lipinski definition) is 1. The maximum absolute atomic E-state index is 11.2. The normalized spacial score (nSPS) is 11.7. The van der Waals surface area contributed by atoms with Crippen molar-refractivity contribution in [2.45, 2.75) is 72.6 Å². The number of hydrogen-bond donors (Lipinski definition) is 0. The molecule has 0 bridgehead atoms. The van der Waals surface area contributed by atoms with Crippen molar-refractivity contribution in [3.8, 4) is 0 Å². The zero-order valence-electron chi connectivity index (χ0n) is 10.4. The van der Waals surface area contributed by atoms with Gasteiger partial charge in [-0.25, -0.2) is 0 Å². The molecule has 0 saturated carbocycles. The van der Waals surface area contributed by atoms with Crippen LogP contribution in [0.5, 0.6) is 0 Å². The van der Waals surface area contributed by atoms with Crippen LogP contribution in [0.15, 0.2) is 0 Å². The number of Topliss-reactive ketones (excluding diaryl/α,β-unsaturated/α-hetero) is 1. The van der Waals surface area contributed by atoms with Gasteiger partial charge >= 0.3 is 0 Å². The smallest absolute Gasteiger partial charge is 0.132 e. The predicted molar refractivity (Wildman–Crippen MR) is 62.5 cm³/mol. The van der Waals surface area contributed by atoms with Crippen molar-refractivity contribution in [2.24, 2.45) is 5.41 Å². The summed E-state index contributed by atoms with van der Waals surface area (Å²) in [6.07, 6.45) is 7.56. The number of rotatable bonds is 8. The third kappa shape index (κ3) is 4.26. The van der Waals surface area contributed by atoms with Crippen LogP contribution < -0.4 is 0 Å². The fourth-order valence-corrected chi connectivity index (χ4v) is 2.12. The van der Waals surface area contributed by atoms with Crippen LogP contribution in [0.1, 0.15) is 72.6 Å². The van der Waals surface area contributed by atoms with Crippen LogP contribution in [-0.2, 0) is 4.79 Å². The summed E-state index contributed by atoms with van der Waals surface area (Å²) in [6.45, 7) is 8.77. The Balaban J connectivity index is 3.88. The molecule has 0 spiro atoms. The monoisotopic (exact) mass is 198 g/mol. The number of carbonyl (C=O) groups excluding carboxylic acids is 1. The molecular formula is C13H26O. The Bertz CT molecular complexity index is 148. The highest BCUT2D eigenvalue weighted by Gasteiger charge is 2.23. The molecule has 0 unspecified atom stereocenters. The molecule has 0 aliphatic heterocycles. The second-order valence-corrected chi connectivity index (χ2v) is 4.31. The molecule has 0 amide bonds. The van der Waals surface area contributed by atoms with Gasteiger partial charge in [0.1, 0.15) is 5.78 Å². The lowest BCUT2D eigenvalue weighted by atomic mass is 9.75. The Labute approximate surface area is 89.3 Å². The van der Waals surface area contributed by atoms with E-state index in [0.29, 0.717) is 17.6 Å². The standard InChI is InChI=1S/C13H26O/c1-5-12(14)10-9-11-13(6-2,7-3)8-4/h5-11H2,1-4H3. The van der Waals surface area contributed by atoms with Crippen molar-refractivity contribution in [2.75, 3.05) is 0 Å². The molecule has 14 heavy (non-hydrogen) atoms. The van der Waals surface area contributed by atoms with E-state index in [-0.39, 0.29) is 0 Å². The molecule has 0 fully saturated rings. The van der Waals surface area contributed by atoms with Gasteiger partial charge < -0.3 is 0 Å². The van der Waals surface area contributed by atoms with Gasteiger partial charge in [0.05, 0.1) is 0 Å². The first-order chi connectivity index (χ1) is 6.64. The zero-order chi connectivity index (χ0) is 11.0. The van der Waals surface area contributed by atoms with E-state index in [0.717, 1.165) is 12.8 Å². The van der Waals surface area contributed by atoms with E-state index in [2.05, 4.69) is 20.8 Å². The molecule has 0 heterocycles. The summed E-state index contributed by atoms with van der Waals surface area (Å²) in [4.78, 5) is 11.2. The van der Waals surface area contributed by atoms with E-state index >= 15 is 0 Å². The second kappa shape index (κ2) is 7.03. The molecule has 84 valence electrons. The lowest BCUT2D eigenvalue weighted by Gasteiger charge is -2.30. The highest BCUT2D eigenvalue weighted by atomic mass is 16.1. The Kier molecular flexibility index (Phi) is 6.86. The average Bonchev–Trinajstić information content (AvgIpc) is 2.25. The largest absolute Gasteiger partial charge is 0.300 e. The Morgan fingerprint density at radius 1 is 1.00 bits per heavy atom. The summed E-state index contributed by atoms with van der Waals surface area (Å²) < 4.78 is 0. The Morgan fingerprint density at radius 3 is 1.86 bits per heavy atom. The fraction of sp³-hybridized carbons (Fsp3) is 0.923. The quantitative estimate of drug-likeness (QED) is 0.566. The Hall–Kier alpha value is -0.330. The minimum atomic E-state index is 0.419. The molecule has 0 N–H and O–H groups in total. The minimum Gasteiger partial charge on any atom is -0.300 e. The van der Waals surface area contributed by atoms with E-state index in [9.17, 15) is 4.79 Å². The van der Waals surface area contributed by atoms with Crippen molar-refractivity contribution in [3.63, 3.8) is 0 Å². The molecule has 0 atom stereocenters. The second-order valence-electron chi connectivity index (χ2n) is 4.31. The topological polar surface area (TPSA) is 17.1 Å². The van der Waals surface area contributed by atoms with Gasteiger partial charge in [-0.1, -0.05) is 47.0 Å². The average molecular weight is 198 g/mol. The lowest BCUT2D eigenvalue weighted by molar-refractivity contribution is -0.118. The SMILES string of the molecule is CCC(=O)CCCC(CC)(CC)CC. The van der Waals surface area contributed by atoms with Crippen molar-refractivity contribution >= 4 is 5.78 Å². The third-order valence-electron chi connectivity index (χ3n) is 3.81. The first-order valence-corrected chi connectivity index (χ1v) is 6.15. The van der Waals surface area contributed by atoms with E-state index in [4.69, 9.17) is 0 Å². The van der Waals surface area contributed by atoms with Crippen LogP contribution >= 0.6 is 0 Å². The van der Waals surface area contributed by atoms with Crippen LogP contribution in [0.4, 0.5) is 0 Å². The maximum atomic E-state index is 11.2. The van der Waals surface area contributed by atoms with Gasteiger partial charge in [-0.2, -0.15) is 0 Å². The van der Waals surface area contributed by atoms with Gasteiger partial charge in [-0.05, 0) is 18.3 Å². The highest BCUT2D eigenvalue weighted by Crippen LogP contribution is 2.35. The summed E-state index contributed by atoms with van der Waals surface area (Å²) in [5, 5.41) is 0. The van der Waals surface area contributed by atoms with Gasteiger partial charge in [0.15, 0.2) is 0 Å². The van der Waals surface area contributed by atoms with Gasteiger partial charge in [0.25, 0.3) is 0 Å². The molecule has 0 aromatic rings. The molecule has 0 aliphatic carbocycles. The van der Waals surface area contributed by atoms with Crippen LogP contribution in [0.3, 0.4) is 0 Å². The summed E-state index contributed by atoms with van der Waals surface area (Å²) in [5.41, 5.74) is 0.508. The van der Waals surface area contributed by atoms with Crippen molar-refractivity contribution in [3.05, 3.63) is 0 Å². The van der Waals surface area contributed by atoms with E-state index in [1.165, 1.54) is 25.7 Å². The number of ketones is 1. The first kappa shape index (κ1) is 13.7.